The van der Waals surface area contributed by atoms with Gasteiger partial charge in [-0.25, -0.2) is 27.9 Å². The van der Waals surface area contributed by atoms with Crippen molar-refractivity contribution < 1.29 is 30.7 Å². The van der Waals surface area contributed by atoms with Crippen LogP contribution in [0, 0.1) is 5.82 Å². The Morgan fingerprint density at radius 2 is 1.86 bits per heavy atom. The minimum Gasteiger partial charge on any atom is -0.404 e. The van der Waals surface area contributed by atoms with Crippen LogP contribution in [0.1, 0.15) is 5.56 Å². The molecule has 0 saturated carbocycles. The first-order valence-electron chi connectivity index (χ1n) is 10.6. The highest BCUT2D eigenvalue weighted by molar-refractivity contribution is 7.92. The Bertz CT molecular complexity index is 1410. The molecule has 1 aromatic heterocycles. The molecule has 0 bridgehead atoms. The van der Waals surface area contributed by atoms with Crippen molar-refractivity contribution in [1.82, 2.24) is 14.9 Å². The van der Waals surface area contributed by atoms with Crippen molar-refractivity contribution in [3.8, 4) is 5.75 Å². The highest BCUT2D eigenvalue weighted by atomic mass is 32.2. The number of likely N-dealkylation sites (N-methyl/N-ethyl adjacent to an activating group) is 1. The van der Waals surface area contributed by atoms with Gasteiger partial charge in [-0.3, -0.25) is 0 Å². The van der Waals surface area contributed by atoms with Crippen LogP contribution >= 0.6 is 0 Å². The molecule has 2 heterocycles. The van der Waals surface area contributed by atoms with E-state index in [0.29, 0.717) is 24.2 Å². The third kappa shape index (κ3) is 6.59. The third-order valence-electron chi connectivity index (χ3n) is 5.43. The zero-order valence-electron chi connectivity index (χ0n) is 19.0. The number of nitrogens with two attached hydrogens (primary N) is 1. The van der Waals surface area contributed by atoms with Crippen molar-refractivity contribution in [2.45, 2.75) is 6.36 Å². The molecule has 192 valence electrons. The molecule has 9 nitrogen and oxygen atoms in total. The predicted molar refractivity (Wildman–Crippen MR) is 128 cm³/mol. The molecule has 14 heteroatoms. The van der Waals surface area contributed by atoms with Gasteiger partial charge >= 0.3 is 6.36 Å². The number of alkyl halides is 3. The van der Waals surface area contributed by atoms with Crippen molar-refractivity contribution >= 4 is 44.3 Å². The molecule has 0 atom stereocenters. The molecule has 1 aliphatic heterocycles. The molecule has 1 aliphatic rings. The van der Waals surface area contributed by atoms with E-state index < -0.39 is 28.0 Å². The van der Waals surface area contributed by atoms with Crippen LogP contribution < -0.4 is 20.1 Å². The van der Waals surface area contributed by atoms with Gasteiger partial charge in [-0.15, -0.1) is 13.2 Å². The number of rotatable bonds is 6. The second-order valence-electron chi connectivity index (χ2n) is 8.16. The number of aromatic nitrogens is 2. The van der Waals surface area contributed by atoms with Gasteiger partial charge < -0.3 is 19.9 Å². The standard InChI is InChI=1S/C22H22F4N6O3S/c1-31-5-7-32(8-6-31)15-2-3-20(35-22(24,25)26)19(12-15)30-21-28-13-16-17(23)10-14(11-18(16)29-21)4-9-36(27,33)34/h2-4,9-13H,5-8H2,1H3,(H2,27,33,34)(H,28,29,30)/b9-4+. The molecule has 1 fully saturated rings. The Kier molecular flexibility index (Phi) is 7.02. The molecule has 0 spiro atoms. The normalized spacial score (nSPS) is 15.6. The summed E-state index contributed by atoms with van der Waals surface area (Å²) in [6, 6.07) is 6.72. The number of anilines is 3. The number of benzene rings is 2. The summed E-state index contributed by atoms with van der Waals surface area (Å²) in [7, 11) is -1.95. The molecule has 36 heavy (non-hydrogen) atoms. The molecule has 0 aliphatic carbocycles. The summed E-state index contributed by atoms with van der Waals surface area (Å²) < 4.78 is 80.0. The predicted octanol–water partition coefficient (Wildman–Crippen LogP) is 3.42. The number of hydrogen-bond acceptors (Lipinski definition) is 8. The van der Waals surface area contributed by atoms with Crippen molar-refractivity contribution in [3.05, 3.63) is 53.3 Å². The van der Waals surface area contributed by atoms with Crippen molar-refractivity contribution in [2.24, 2.45) is 5.14 Å². The quantitative estimate of drug-likeness (QED) is 0.470. The van der Waals surface area contributed by atoms with Gasteiger partial charge in [-0.1, -0.05) is 0 Å². The molecule has 3 aromatic rings. The highest BCUT2D eigenvalue weighted by Crippen LogP contribution is 2.35. The molecule has 4 rings (SSSR count). The number of fused-ring (bicyclic) bond motifs is 1. The number of nitrogens with zero attached hydrogens (tertiary/aromatic N) is 4. The largest absolute Gasteiger partial charge is 0.573 e. The number of piperazine rings is 1. The molecule has 2 aromatic carbocycles. The summed E-state index contributed by atoms with van der Waals surface area (Å²) in [5, 5.41) is 8.40. The van der Waals surface area contributed by atoms with Crippen LogP contribution in [-0.4, -0.2) is 62.9 Å². The number of sulfonamides is 1. The van der Waals surface area contributed by atoms with E-state index in [4.69, 9.17) is 5.14 Å². The lowest BCUT2D eigenvalue weighted by molar-refractivity contribution is -0.274. The Balaban J connectivity index is 1.69. The lowest BCUT2D eigenvalue weighted by atomic mass is 10.1. The number of nitrogens with one attached hydrogen (secondary N) is 1. The Labute approximate surface area is 204 Å². The van der Waals surface area contributed by atoms with Gasteiger partial charge in [0.15, 0.2) is 5.75 Å². The lowest BCUT2D eigenvalue weighted by Crippen LogP contribution is -2.44. The molecule has 0 radical (unpaired) electrons. The SMILES string of the molecule is CN1CCN(c2ccc(OC(F)(F)F)c(Nc3ncc4c(F)cc(/C=C/S(N)(=O)=O)cc4n3)c2)CC1. The molecule has 1 saturated heterocycles. The third-order valence-corrected chi connectivity index (χ3v) is 5.94. The lowest BCUT2D eigenvalue weighted by Gasteiger charge is -2.34. The minimum atomic E-state index is -4.93. The van der Waals surface area contributed by atoms with Crippen LogP contribution in [0.3, 0.4) is 0 Å². The fourth-order valence-electron chi connectivity index (χ4n) is 3.65. The second kappa shape index (κ2) is 9.87. The summed E-state index contributed by atoms with van der Waals surface area (Å²) in [5.74, 6) is -1.32. The maximum atomic E-state index is 14.5. The van der Waals surface area contributed by atoms with E-state index in [2.05, 4.69) is 24.9 Å². The molecular weight excluding hydrogens is 504 g/mol. The average Bonchev–Trinajstić information content (AvgIpc) is 2.78. The van der Waals surface area contributed by atoms with Crippen molar-refractivity contribution in [1.29, 1.82) is 0 Å². The van der Waals surface area contributed by atoms with Gasteiger partial charge in [0, 0.05) is 43.5 Å². The second-order valence-corrected chi connectivity index (χ2v) is 9.61. The average molecular weight is 527 g/mol. The molecule has 0 unspecified atom stereocenters. The maximum absolute atomic E-state index is 14.5. The summed E-state index contributed by atoms with van der Waals surface area (Å²) in [6.45, 7) is 2.97. The summed E-state index contributed by atoms with van der Waals surface area (Å²) >= 11 is 0. The van der Waals surface area contributed by atoms with Crippen LogP contribution in [0.2, 0.25) is 0 Å². The monoisotopic (exact) mass is 526 g/mol. The molecule has 3 N–H and O–H groups in total. The summed E-state index contributed by atoms with van der Waals surface area (Å²) in [5.41, 5.74) is 0.906. The number of primary sulfonamides is 1. The first-order chi connectivity index (χ1) is 16.9. The van der Waals surface area contributed by atoms with Crippen LogP contribution in [0.5, 0.6) is 5.75 Å². The minimum absolute atomic E-state index is 0.0335. The van der Waals surface area contributed by atoms with Crippen LogP contribution in [0.25, 0.3) is 17.0 Å². The number of hydrogen-bond donors (Lipinski definition) is 2. The highest BCUT2D eigenvalue weighted by Gasteiger charge is 2.32. The molecular formula is C22H22F4N6O3S. The van der Waals surface area contributed by atoms with E-state index in [1.54, 1.807) is 0 Å². The first-order valence-corrected chi connectivity index (χ1v) is 12.2. The maximum Gasteiger partial charge on any atom is 0.573 e. The Morgan fingerprint density at radius 3 is 2.53 bits per heavy atom. The van der Waals surface area contributed by atoms with Gasteiger partial charge in [0.25, 0.3) is 0 Å². The van der Waals surface area contributed by atoms with Gasteiger partial charge in [0.05, 0.1) is 16.6 Å². The van der Waals surface area contributed by atoms with E-state index in [-0.39, 0.29) is 28.1 Å². The van der Waals surface area contributed by atoms with E-state index in [9.17, 15) is 26.0 Å². The van der Waals surface area contributed by atoms with Gasteiger partial charge in [-0.2, -0.15) is 0 Å². The topological polar surface area (TPSA) is 114 Å². The number of ether oxygens (including phenoxy) is 1. The van der Waals surface area contributed by atoms with Crippen molar-refractivity contribution in [3.63, 3.8) is 0 Å². The fourth-order valence-corrected chi connectivity index (χ4v) is 4.00. The molecule has 0 amide bonds. The summed E-state index contributed by atoms with van der Waals surface area (Å²) in [6.07, 6.45) is -2.66. The van der Waals surface area contributed by atoms with Gasteiger partial charge in [0.1, 0.15) is 5.82 Å². The fraction of sp³-hybridized carbons (Fsp3) is 0.273. The van der Waals surface area contributed by atoms with E-state index in [0.717, 1.165) is 25.2 Å². The van der Waals surface area contributed by atoms with E-state index in [1.807, 2.05) is 11.9 Å². The Hall–Kier alpha value is -3.49. The zero-order chi connectivity index (χ0) is 26.1. The summed E-state index contributed by atoms with van der Waals surface area (Å²) in [4.78, 5) is 12.4. The smallest absolute Gasteiger partial charge is 0.404 e. The van der Waals surface area contributed by atoms with Crippen LogP contribution in [0.15, 0.2) is 41.9 Å². The number of halogens is 4. The van der Waals surface area contributed by atoms with E-state index >= 15 is 0 Å². The first kappa shape index (κ1) is 25.6. The van der Waals surface area contributed by atoms with Crippen LogP contribution in [-0.2, 0) is 10.0 Å². The van der Waals surface area contributed by atoms with Gasteiger partial charge in [0.2, 0.25) is 16.0 Å². The Morgan fingerprint density at radius 1 is 1.14 bits per heavy atom. The zero-order valence-corrected chi connectivity index (χ0v) is 19.8. The van der Waals surface area contributed by atoms with E-state index in [1.165, 1.54) is 30.5 Å². The van der Waals surface area contributed by atoms with Crippen LogP contribution in [0.4, 0.5) is 34.9 Å². The van der Waals surface area contributed by atoms with Crippen molar-refractivity contribution in [2.75, 3.05) is 43.4 Å². The van der Waals surface area contributed by atoms with Gasteiger partial charge in [-0.05, 0) is 49.0 Å².